The maximum absolute atomic E-state index is 12.6. The van der Waals surface area contributed by atoms with Crippen molar-refractivity contribution >= 4 is 23.4 Å². The van der Waals surface area contributed by atoms with Crippen molar-refractivity contribution in [2.75, 3.05) is 11.6 Å². The van der Waals surface area contributed by atoms with Crippen LogP contribution in [0.5, 0.6) is 0 Å². The molecule has 3 heteroatoms. The van der Waals surface area contributed by atoms with Gasteiger partial charge in [0.15, 0.2) is 0 Å². The molecule has 0 saturated heterocycles. The van der Waals surface area contributed by atoms with Crippen LogP contribution in [-0.2, 0) is 4.79 Å². The molecule has 2 atom stereocenters. The van der Waals surface area contributed by atoms with Gasteiger partial charge < -0.3 is 5.32 Å². The molecule has 1 amide bonds. The molecule has 1 fully saturated rings. The van der Waals surface area contributed by atoms with Crippen LogP contribution in [0, 0.1) is 17.3 Å². The number of carbonyl (C=O) groups excluding carboxylic acids is 1. The molecule has 2 unspecified atom stereocenters. The van der Waals surface area contributed by atoms with E-state index in [9.17, 15) is 4.79 Å². The van der Waals surface area contributed by atoms with Crippen LogP contribution in [0.1, 0.15) is 40.0 Å². The van der Waals surface area contributed by atoms with Crippen LogP contribution >= 0.6 is 11.8 Å². The van der Waals surface area contributed by atoms with Gasteiger partial charge in [-0.1, -0.05) is 27.2 Å². The van der Waals surface area contributed by atoms with Gasteiger partial charge in [0.25, 0.3) is 0 Å². The van der Waals surface area contributed by atoms with Crippen molar-refractivity contribution in [1.82, 2.24) is 0 Å². The molecule has 2 nitrogen and oxygen atoms in total. The average Bonchev–Trinajstić information content (AvgIpc) is 2.38. The van der Waals surface area contributed by atoms with Crippen LogP contribution in [0.3, 0.4) is 0 Å². The van der Waals surface area contributed by atoms with E-state index in [4.69, 9.17) is 0 Å². The molecule has 0 aliphatic heterocycles. The van der Waals surface area contributed by atoms with Gasteiger partial charge in [0.2, 0.25) is 5.91 Å². The van der Waals surface area contributed by atoms with Crippen molar-refractivity contribution in [2.45, 2.75) is 44.9 Å². The molecule has 0 spiro atoms. The Kier molecular flexibility index (Phi) is 4.79. The number of rotatable bonds is 3. The molecule has 1 saturated carbocycles. The molecule has 1 N–H and O–H groups in total. The zero-order valence-electron chi connectivity index (χ0n) is 12.9. The van der Waals surface area contributed by atoms with E-state index in [0.29, 0.717) is 5.92 Å². The number of hydrogen-bond donors (Lipinski definition) is 1. The summed E-state index contributed by atoms with van der Waals surface area (Å²) in [4.78, 5) is 13.8. The van der Waals surface area contributed by atoms with Gasteiger partial charge in [-0.05, 0) is 54.7 Å². The van der Waals surface area contributed by atoms with E-state index < -0.39 is 0 Å². The van der Waals surface area contributed by atoms with Crippen LogP contribution in [0.25, 0.3) is 0 Å². The Labute approximate surface area is 126 Å². The Morgan fingerprint density at radius 3 is 2.50 bits per heavy atom. The van der Waals surface area contributed by atoms with E-state index in [1.165, 1.54) is 11.3 Å². The molecular formula is C17H25NOS. The van der Waals surface area contributed by atoms with E-state index in [-0.39, 0.29) is 17.2 Å². The minimum atomic E-state index is 0.0982. The summed E-state index contributed by atoms with van der Waals surface area (Å²) < 4.78 is 0. The fraction of sp³-hybridized carbons (Fsp3) is 0.588. The van der Waals surface area contributed by atoms with Gasteiger partial charge >= 0.3 is 0 Å². The molecule has 2 rings (SSSR count). The largest absolute Gasteiger partial charge is 0.326 e. The fourth-order valence-corrected chi connectivity index (χ4v) is 3.89. The van der Waals surface area contributed by atoms with E-state index >= 15 is 0 Å². The number of amides is 1. The van der Waals surface area contributed by atoms with Crippen LogP contribution in [0.2, 0.25) is 0 Å². The number of nitrogens with one attached hydrogen (secondary N) is 1. The number of benzene rings is 1. The first-order chi connectivity index (χ1) is 9.44. The molecule has 1 aromatic rings. The third-order valence-corrected chi connectivity index (χ3v) is 5.28. The lowest BCUT2D eigenvalue weighted by molar-refractivity contribution is -0.127. The summed E-state index contributed by atoms with van der Waals surface area (Å²) in [6.45, 7) is 6.66. The van der Waals surface area contributed by atoms with Crippen molar-refractivity contribution in [3.8, 4) is 0 Å². The lowest BCUT2D eigenvalue weighted by Gasteiger charge is -2.41. The molecule has 1 aromatic carbocycles. The summed E-state index contributed by atoms with van der Waals surface area (Å²) in [5.41, 5.74) is 1.00. The zero-order chi connectivity index (χ0) is 14.8. The van der Waals surface area contributed by atoms with Gasteiger partial charge in [-0.3, -0.25) is 4.79 Å². The Hall–Kier alpha value is -0.960. The van der Waals surface area contributed by atoms with Gasteiger partial charge in [-0.15, -0.1) is 11.8 Å². The minimum Gasteiger partial charge on any atom is -0.326 e. The van der Waals surface area contributed by atoms with Gasteiger partial charge in [-0.25, -0.2) is 0 Å². The Morgan fingerprint density at radius 2 is 1.95 bits per heavy atom. The average molecular weight is 291 g/mol. The smallest absolute Gasteiger partial charge is 0.228 e. The monoisotopic (exact) mass is 291 g/mol. The maximum atomic E-state index is 12.6. The SMILES string of the molecule is CSc1ccc(NC(=O)C2C(C)CCCC2(C)C)cc1. The van der Waals surface area contributed by atoms with Crippen molar-refractivity contribution < 1.29 is 4.79 Å². The van der Waals surface area contributed by atoms with E-state index in [1.54, 1.807) is 11.8 Å². The van der Waals surface area contributed by atoms with Crippen LogP contribution < -0.4 is 5.32 Å². The van der Waals surface area contributed by atoms with Crippen molar-refractivity contribution in [1.29, 1.82) is 0 Å². The molecule has 1 aliphatic carbocycles. The number of hydrogen-bond acceptors (Lipinski definition) is 2. The first kappa shape index (κ1) is 15.4. The normalized spacial score (nSPS) is 25.2. The second kappa shape index (κ2) is 6.21. The second-order valence-electron chi connectivity index (χ2n) is 6.55. The summed E-state index contributed by atoms with van der Waals surface area (Å²) in [6, 6.07) is 8.08. The summed E-state index contributed by atoms with van der Waals surface area (Å²) >= 11 is 1.71. The van der Waals surface area contributed by atoms with Crippen molar-refractivity contribution in [2.24, 2.45) is 17.3 Å². The highest BCUT2D eigenvalue weighted by Gasteiger charge is 2.41. The van der Waals surface area contributed by atoms with E-state index in [1.807, 2.05) is 12.1 Å². The van der Waals surface area contributed by atoms with E-state index in [2.05, 4.69) is 44.5 Å². The highest BCUT2D eigenvalue weighted by atomic mass is 32.2. The third-order valence-electron chi connectivity index (χ3n) is 4.53. The quantitative estimate of drug-likeness (QED) is 0.810. The molecule has 0 aromatic heterocycles. The molecule has 110 valence electrons. The number of anilines is 1. The van der Waals surface area contributed by atoms with Crippen LogP contribution in [0.4, 0.5) is 5.69 Å². The standard InChI is InChI=1S/C17H25NOS/c1-12-6-5-11-17(2,3)15(12)16(19)18-13-7-9-14(20-4)10-8-13/h7-10,12,15H,5-6,11H2,1-4H3,(H,18,19). The molecular weight excluding hydrogens is 266 g/mol. The first-order valence-electron chi connectivity index (χ1n) is 7.39. The van der Waals surface area contributed by atoms with Crippen molar-refractivity contribution in [3.63, 3.8) is 0 Å². The minimum absolute atomic E-state index is 0.0982. The molecule has 0 heterocycles. The summed E-state index contributed by atoms with van der Waals surface area (Å²) in [7, 11) is 0. The topological polar surface area (TPSA) is 29.1 Å². The molecule has 0 radical (unpaired) electrons. The number of carbonyl (C=O) groups is 1. The fourth-order valence-electron chi connectivity index (χ4n) is 3.48. The van der Waals surface area contributed by atoms with Gasteiger partial charge in [0.1, 0.15) is 0 Å². The molecule has 1 aliphatic rings. The highest BCUT2D eigenvalue weighted by Crippen LogP contribution is 2.44. The zero-order valence-corrected chi connectivity index (χ0v) is 13.7. The van der Waals surface area contributed by atoms with Gasteiger partial charge in [0, 0.05) is 16.5 Å². The lowest BCUT2D eigenvalue weighted by atomic mass is 9.64. The summed E-state index contributed by atoms with van der Waals surface area (Å²) in [5, 5.41) is 3.10. The third kappa shape index (κ3) is 3.38. The van der Waals surface area contributed by atoms with Crippen molar-refractivity contribution in [3.05, 3.63) is 24.3 Å². The predicted octanol–water partition coefficient (Wildman–Crippen LogP) is 4.81. The highest BCUT2D eigenvalue weighted by molar-refractivity contribution is 7.98. The molecule has 0 bridgehead atoms. The summed E-state index contributed by atoms with van der Waals surface area (Å²) in [5.74, 6) is 0.750. The van der Waals surface area contributed by atoms with E-state index in [0.717, 1.165) is 18.5 Å². The second-order valence-corrected chi connectivity index (χ2v) is 7.43. The first-order valence-corrected chi connectivity index (χ1v) is 8.61. The Morgan fingerprint density at radius 1 is 1.30 bits per heavy atom. The Balaban J connectivity index is 2.09. The van der Waals surface area contributed by atoms with Crippen LogP contribution in [0.15, 0.2) is 29.2 Å². The summed E-state index contributed by atoms with van der Waals surface area (Å²) in [6.07, 6.45) is 5.59. The molecule has 20 heavy (non-hydrogen) atoms. The van der Waals surface area contributed by atoms with Crippen LogP contribution in [-0.4, -0.2) is 12.2 Å². The number of thioether (sulfide) groups is 1. The maximum Gasteiger partial charge on any atom is 0.228 e. The predicted molar refractivity (Wildman–Crippen MR) is 87.1 cm³/mol. The van der Waals surface area contributed by atoms with Gasteiger partial charge in [-0.2, -0.15) is 0 Å². The Bertz CT molecular complexity index is 466. The lowest BCUT2D eigenvalue weighted by Crippen LogP contribution is -2.42. The van der Waals surface area contributed by atoms with Gasteiger partial charge in [0.05, 0.1) is 0 Å².